The molecule has 98 valence electrons. The van der Waals surface area contributed by atoms with Gasteiger partial charge in [0.1, 0.15) is 0 Å². The normalized spacial score (nSPS) is 11.3. The fourth-order valence-corrected chi connectivity index (χ4v) is 1.76. The highest BCUT2D eigenvalue weighted by molar-refractivity contribution is 5.93. The molecule has 0 N–H and O–H groups in total. The van der Waals surface area contributed by atoms with Crippen LogP contribution in [0.15, 0.2) is 30.3 Å². The van der Waals surface area contributed by atoms with Crippen LogP contribution in [0.5, 0.6) is 0 Å². The van der Waals surface area contributed by atoms with Gasteiger partial charge in [0.25, 0.3) is 0 Å². The van der Waals surface area contributed by atoms with Gasteiger partial charge in [0.15, 0.2) is 5.78 Å². The Morgan fingerprint density at radius 2 is 1.78 bits per heavy atom. The Morgan fingerprint density at radius 3 is 2.33 bits per heavy atom. The second-order valence-corrected chi connectivity index (χ2v) is 4.49. The van der Waals surface area contributed by atoms with Crippen molar-refractivity contribution in [3.8, 4) is 0 Å². The molecule has 1 rings (SSSR count). The Hall–Kier alpha value is -1.41. The van der Waals surface area contributed by atoms with E-state index in [1.807, 2.05) is 18.2 Å². The first-order chi connectivity index (χ1) is 8.65. The zero-order valence-corrected chi connectivity index (χ0v) is 11.6. The van der Waals surface area contributed by atoms with Gasteiger partial charge in [-0.25, -0.2) is 0 Å². The summed E-state index contributed by atoms with van der Waals surface area (Å²) >= 11 is 0. The predicted octanol–water partition coefficient (Wildman–Crippen LogP) is 3.31. The van der Waals surface area contributed by atoms with Gasteiger partial charge < -0.3 is 4.90 Å². The molecule has 0 aliphatic rings. The van der Waals surface area contributed by atoms with Gasteiger partial charge in [0, 0.05) is 13.0 Å². The molecule has 0 atom stereocenters. The first-order valence-corrected chi connectivity index (χ1v) is 6.65. The number of benzene rings is 1. The van der Waals surface area contributed by atoms with E-state index in [9.17, 15) is 4.79 Å². The van der Waals surface area contributed by atoms with Crippen LogP contribution in [0.1, 0.15) is 31.4 Å². The summed E-state index contributed by atoms with van der Waals surface area (Å²) in [6.45, 7) is 9.16. The summed E-state index contributed by atoms with van der Waals surface area (Å²) < 4.78 is 0. The van der Waals surface area contributed by atoms with E-state index in [4.69, 9.17) is 0 Å². The highest BCUT2D eigenvalue weighted by Crippen LogP contribution is 2.05. The molecule has 0 spiro atoms. The molecule has 2 heteroatoms. The molecular weight excluding hydrogens is 222 g/mol. The smallest absolute Gasteiger partial charge is 0.156 e. The second-order valence-electron chi connectivity index (χ2n) is 4.49. The number of ketones is 1. The van der Waals surface area contributed by atoms with E-state index < -0.39 is 0 Å². The first-order valence-electron chi connectivity index (χ1n) is 6.65. The maximum absolute atomic E-state index is 11.7. The van der Waals surface area contributed by atoms with Gasteiger partial charge >= 0.3 is 0 Å². The number of nitrogens with zero attached hydrogens (tertiary/aromatic N) is 1. The standard InChI is InChI=1S/C16H23NO/c1-4-17(5-2)13-12-16(18)11-10-15-8-6-14(3)7-9-15/h6-11H,4-5,12-13H2,1-3H3/b11-10+. The minimum atomic E-state index is 0.197. The Morgan fingerprint density at radius 1 is 1.17 bits per heavy atom. The van der Waals surface area contributed by atoms with Crippen molar-refractivity contribution >= 4 is 11.9 Å². The third-order valence-electron chi connectivity index (χ3n) is 3.11. The van der Waals surface area contributed by atoms with E-state index >= 15 is 0 Å². The van der Waals surface area contributed by atoms with Crippen molar-refractivity contribution in [3.05, 3.63) is 41.5 Å². The van der Waals surface area contributed by atoms with Gasteiger partial charge in [0.2, 0.25) is 0 Å². The second kappa shape index (κ2) is 7.83. The Kier molecular flexibility index (Phi) is 6.37. The van der Waals surface area contributed by atoms with Crippen LogP contribution in [0, 0.1) is 6.92 Å². The first kappa shape index (κ1) is 14.7. The monoisotopic (exact) mass is 245 g/mol. The van der Waals surface area contributed by atoms with Crippen molar-refractivity contribution < 1.29 is 4.79 Å². The molecular formula is C16H23NO. The topological polar surface area (TPSA) is 20.3 Å². The van der Waals surface area contributed by atoms with Crippen LogP contribution in [-0.4, -0.2) is 30.3 Å². The Labute approximate surface area is 110 Å². The van der Waals surface area contributed by atoms with Crippen LogP contribution in [0.2, 0.25) is 0 Å². The zero-order valence-electron chi connectivity index (χ0n) is 11.6. The number of allylic oxidation sites excluding steroid dienone is 1. The molecule has 0 heterocycles. The molecule has 1 aromatic carbocycles. The third-order valence-corrected chi connectivity index (χ3v) is 3.11. The molecule has 0 aliphatic carbocycles. The molecule has 2 nitrogen and oxygen atoms in total. The van der Waals surface area contributed by atoms with E-state index in [-0.39, 0.29) is 5.78 Å². The Balaban J connectivity index is 2.42. The summed E-state index contributed by atoms with van der Waals surface area (Å²) in [5.74, 6) is 0.197. The van der Waals surface area contributed by atoms with E-state index in [0.29, 0.717) is 6.42 Å². The predicted molar refractivity (Wildman–Crippen MR) is 77.6 cm³/mol. The molecule has 0 bridgehead atoms. The molecule has 0 aromatic heterocycles. The Bertz CT molecular complexity index is 388. The fourth-order valence-electron chi connectivity index (χ4n) is 1.76. The van der Waals surface area contributed by atoms with Crippen molar-refractivity contribution in [3.63, 3.8) is 0 Å². The number of hydrogen-bond acceptors (Lipinski definition) is 2. The van der Waals surface area contributed by atoms with Gasteiger partial charge in [-0.05, 0) is 31.7 Å². The summed E-state index contributed by atoms with van der Waals surface area (Å²) in [4.78, 5) is 14.0. The molecule has 0 aliphatic heterocycles. The minimum Gasteiger partial charge on any atom is -0.303 e. The molecule has 0 saturated heterocycles. The van der Waals surface area contributed by atoms with Crippen molar-refractivity contribution in [1.82, 2.24) is 4.90 Å². The van der Waals surface area contributed by atoms with Gasteiger partial charge in [-0.1, -0.05) is 49.8 Å². The highest BCUT2D eigenvalue weighted by atomic mass is 16.1. The number of carbonyl (C=O) groups is 1. The number of hydrogen-bond donors (Lipinski definition) is 0. The SMILES string of the molecule is CCN(CC)CCC(=O)/C=C/c1ccc(C)cc1. The number of carbonyl (C=O) groups excluding carboxylic acids is 1. The molecule has 18 heavy (non-hydrogen) atoms. The van der Waals surface area contributed by atoms with E-state index in [1.165, 1.54) is 5.56 Å². The lowest BCUT2D eigenvalue weighted by Gasteiger charge is -2.16. The lowest BCUT2D eigenvalue weighted by molar-refractivity contribution is -0.114. The summed E-state index contributed by atoms with van der Waals surface area (Å²) in [5.41, 5.74) is 2.32. The number of aryl methyl sites for hydroxylation is 1. The van der Waals surface area contributed by atoms with Crippen molar-refractivity contribution in [2.24, 2.45) is 0 Å². The van der Waals surface area contributed by atoms with Crippen molar-refractivity contribution in [2.45, 2.75) is 27.2 Å². The maximum atomic E-state index is 11.7. The van der Waals surface area contributed by atoms with Gasteiger partial charge in [-0.3, -0.25) is 4.79 Å². The average molecular weight is 245 g/mol. The highest BCUT2D eigenvalue weighted by Gasteiger charge is 2.02. The van der Waals surface area contributed by atoms with Gasteiger partial charge in [-0.15, -0.1) is 0 Å². The van der Waals surface area contributed by atoms with Crippen LogP contribution in [0.3, 0.4) is 0 Å². The van der Waals surface area contributed by atoms with Crippen LogP contribution in [-0.2, 0) is 4.79 Å². The quantitative estimate of drug-likeness (QED) is 0.687. The molecule has 0 fully saturated rings. The summed E-state index contributed by atoms with van der Waals surface area (Å²) in [7, 11) is 0. The molecule has 0 saturated carbocycles. The van der Waals surface area contributed by atoms with E-state index in [1.54, 1.807) is 6.08 Å². The third kappa shape index (κ3) is 5.28. The van der Waals surface area contributed by atoms with Crippen molar-refractivity contribution in [2.75, 3.05) is 19.6 Å². The van der Waals surface area contributed by atoms with Gasteiger partial charge in [-0.2, -0.15) is 0 Å². The number of rotatable bonds is 7. The van der Waals surface area contributed by atoms with Gasteiger partial charge in [0.05, 0.1) is 0 Å². The average Bonchev–Trinajstić information content (AvgIpc) is 2.39. The molecule has 0 unspecified atom stereocenters. The minimum absolute atomic E-state index is 0.197. The van der Waals surface area contributed by atoms with Crippen LogP contribution in [0.25, 0.3) is 6.08 Å². The maximum Gasteiger partial charge on any atom is 0.156 e. The molecule has 1 aromatic rings. The molecule has 0 amide bonds. The van der Waals surface area contributed by atoms with Crippen LogP contribution < -0.4 is 0 Å². The summed E-state index contributed by atoms with van der Waals surface area (Å²) in [6, 6.07) is 8.17. The van der Waals surface area contributed by atoms with E-state index in [2.05, 4.69) is 37.8 Å². The van der Waals surface area contributed by atoms with E-state index in [0.717, 1.165) is 25.2 Å². The van der Waals surface area contributed by atoms with Crippen LogP contribution >= 0.6 is 0 Å². The van der Waals surface area contributed by atoms with Crippen LogP contribution in [0.4, 0.5) is 0 Å². The molecule has 0 radical (unpaired) electrons. The largest absolute Gasteiger partial charge is 0.303 e. The lowest BCUT2D eigenvalue weighted by atomic mass is 10.1. The summed E-state index contributed by atoms with van der Waals surface area (Å²) in [6.07, 6.45) is 4.18. The fraction of sp³-hybridized carbons (Fsp3) is 0.438. The zero-order chi connectivity index (χ0) is 13.4. The lowest BCUT2D eigenvalue weighted by Crippen LogP contribution is -2.25. The summed E-state index contributed by atoms with van der Waals surface area (Å²) in [5, 5.41) is 0. The van der Waals surface area contributed by atoms with Crippen molar-refractivity contribution in [1.29, 1.82) is 0 Å².